The zero-order valence-electron chi connectivity index (χ0n) is 10.0. The highest BCUT2D eigenvalue weighted by Crippen LogP contribution is 2.12. The van der Waals surface area contributed by atoms with E-state index in [1.807, 2.05) is 13.8 Å². The van der Waals surface area contributed by atoms with Crippen LogP contribution >= 0.6 is 0 Å². The van der Waals surface area contributed by atoms with Gasteiger partial charge in [-0.15, -0.1) is 0 Å². The Balaban J connectivity index is 2.28. The van der Waals surface area contributed by atoms with Crippen LogP contribution in [0.2, 0.25) is 0 Å². The molecule has 0 aromatic heterocycles. The zero-order valence-corrected chi connectivity index (χ0v) is 10.0. The third-order valence-corrected chi connectivity index (χ3v) is 2.53. The summed E-state index contributed by atoms with van der Waals surface area (Å²) in [6.07, 6.45) is 0.138. The van der Waals surface area contributed by atoms with Crippen LogP contribution in [-0.2, 0) is 14.3 Å². The average Bonchev–Trinajstić information content (AvgIpc) is 2.54. The van der Waals surface area contributed by atoms with Gasteiger partial charge >= 0.3 is 0 Å². The van der Waals surface area contributed by atoms with Crippen molar-refractivity contribution in [2.45, 2.75) is 39.1 Å². The largest absolute Gasteiger partial charge is 0.391 e. The highest BCUT2D eigenvalue weighted by atomic mass is 16.7. The van der Waals surface area contributed by atoms with Gasteiger partial charge in [0.25, 0.3) is 0 Å². The first-order chi connectivity index (χ1) is 7.67. The summed E-state index contributed by atoms with van der Waals surface area (Å²) in [5.41, 5.74) is 0. The molecular weight excluding hydrogens is 210 g/mol. The van der Waals surface area contributed by atoms with Crippen LogP contribution < -0.4 is 0 Å². The molecule has 0 bridgehead atoms. The Kier molecular flexibility index (Phi) is 5.73. The predicted molar refractivity (Wildman–Crippen MR) is 58.9 cm³/mol. The molecule has 0 spiro atoms. The van der Waals surface area contributed by atoms with Crippen molar-refractivity contribution in [3.05, 3.63) is 0 Å². The van der Waals surface area contributed by atoms with Crippen molar-refractivity contribution in [3.8, 4) is 0 Å². The lowest BCUT2D eigenvalue weighted by Crippen LogP contribution is -2.31. The summed E-state index contributed by atoms with van der Waals surface area (Å²) in [6.45, 7) is 6.04. The standard InChI is InChI=1S/C11H21NO4/c1-3-15-11(16-4-2)5-6-12-8-9(13)7-10(12)14/h9,11,13H,3-8H2,1-2H3. The Morgan fingerprint density at radius 2 is 2.06 bits per heavy atom. The third-order valence-electron chi connectivity index (χ3n) is 2.53. The molecule has 0 saturated carbocycles. The van der Waals surface area contributed by atoms with Gasteiger partial charge in [-0.2, -0.15) is 0 Å². The van der Waals surface area contributed by atoms with Crippen LogP contribution in [0.15, 0.2) is 0 Å². The normalized spacial score (nSPS) is 21.1. The van der Waals surface area contributed by atoms with Crippen molar-refractivity contribution < 1.29 is 19.4 Å². The summed E-state index contributed by atoms with van der Waals surface area (Å²) in [6, 6.07) is 0. The Morgan fingerprint density at radius 3 is 2.50 bits per heavy atom. The Labute approximate surface area is 96.3 Å². The maximum atomic E-state index is 11.4. The number of hydrogen-bond donors (Lipinski definition) is 1. The van der Waals surface area contributed by atoms with Crippen LogP contribution in [0, 0.1) is 0 Å². The molecule has 1 atom stereocenters. The predicted octanol–water partition coefficient (Wildman–Crippen LogP) is 0.369. The van der Waals surface area contributed by atoms with E-state index >= 15 is 0 Å². The highest BCUT2D eigenvalue weighted by molar-refractivity contribution is 5.78. The van der Waals surface area contributed by atoms with Gasteiger partial charge in [-0.3, -0.25) is 4.79 Å². The minimum atomic E-state index is -0.509. The van der Waals surface area contributed by atoms with E-state index in [0.717, 1.165) is 0 Å². The van der Waals surface area contributed by atoms with Gasteiger partial charge in [-0.05, 0) is 13.8 Å². The molecule has 1 rings (SSSR count). The van der Waals surface area contributed by atoms with Gasteiger partial charge in [0.15, 0.2) is 6.29 Å². The number of ether oxygens (including phenoxy) is 2. The number of rotatable bonds is 7. The molecule has 1 saturated heterocycles. The van der Waals surface area contributed by atoms with E-state index < -0.39 is 6.10 Å². The van der Waals surface area contributed by atoms with E-state index in [4.69, 9.17) is 9.47 Å². The van der Waals surface area contributed by atoms with Crippen molar-refractivity contribution in [1.82, 2.24) is 4.90 Å². The molecule has 1 heterocycles. The number of amides is 1. The van der Waals surface area contributed by atoms with E-state index in [-0.39, 0.29) is 18.6 Å². The molecule has 1 aliphatic rings. The van der Waals surface area contributed by atoms with Crippen molar-refractivity contribution in [2.75, 3.05) is 26.3 Å². The van der Waals surface area contributed by atoms with Crippen molar-refractivity contribution in [2.24, 2.45) is 0 Å². The molecule has 1 fully saturated rings. The second kappa shape index (κ2) is 6.83. The van der Waals surface area contributed by atoms with Gasteiger partial charge in [0.2, 0.25) is 5.91 Å². The Bertz CT molecular complexity index is 216. The SMILES string of the molecule is CCOC(CCN1CC(O)CC1=O)OCC. The first-order valence-electron chi connectivity index (χ1n) is 5.86. The van der Waals surface area contributed by atoms with Crippen LogP contribution in [0.3, 0.4) is 0 Å². The molecule has 16 heavy (non-hydrogen) atoms. The Hall–Kier alpha value is -0.650. The number of carbonyl (C=O) groups is 1. The summed E-state index contributed by atoms with van der Waals surface area (Å²) in [4.78, 5) is 13.1. The minimum absolute atomic E-state index is 0.0132. The summed E-state index contributed by atoms with van der Waals surface area (Å²) in [7, 11) is 0. The summed E-state index contributed by atoms with van der Waals surface area (Å²) >= 11 is 0. The Morgan fingerprint density at radius 1 is 1.44 bits per heavy atom. The van der Waals surface area contributed by atoms with Crippen molar-refractivity contribution in [1.29, 1.82) is 0 Å². The highest BCUT2D eigenvalue weighted by Gasteiger charge is 2.28. The summed E-state index contributed by atoms with van der Waals surface area (Å²) in [5, 5.41) is 9.32. The lowest BCUT2D eigenvalue weighted by atomic mass is 10.3. The van der Waals surface area contributed by atoms with E-state index in [2.05, 4.69) is 0 Å². The summed E-state index contributed by atoms with van der Waals surface area (Å²) < 4.78 is 10.8. The smallest absolute Gasteiger partial charge is 0.225 e. The van der Waals surface area contributed by atoms with Crippen LogP contribution in [-0.4, -0.2) is 54.6 Å². The molecule has 0 radical (unpaired) electrons. The first-order valence-corrected chi connectivity index (χ1v) is 5.86. The van der Waals surface area contributed by atoms with E-state index in [1.165, 1.54) is 0 Å². The van der Waals surface area contributed by atoms with Gasteiger partial charge in [-0.1, -0.05) is 0 Å². The lowest BCUT2D eigenvalue weighted by molar-refractivity contribution is -0.144. The summed E-state index contributed by atoms with van der Waals surface area (Å²) in [5.74, 6) is 0.0132. The molecule has 0 aromatic carbocycles. The number of hydrogen-bond acceptors (Lipinski definition) is 4. The minimum Gasteiger partial charge on any atom is -0.391 e. The number of aliphatic hydroxyl groups is 1. The van der Waals surface area contributed by atoms with Crippen molar-refractivity contribution in [3.63, 3.8) is 0 Å². The third kappa shape index (κ3) is 4.08. The molecule has 1 N–H and O–H groups in total. The molecule has 5 heteroatoms. The second-order valence-electron chi connectivity index (χ2n) is 3.83. The molecule has 94 valence electrons. The molecule has 1 aliphatic heterocycles. The van der Waals surface area contributed by atoms with Crippen LogP contribution in [0.1, 0.15) is 26.7 Å². The number of aliphatic hydroxyl groups excluding tert-OH is 1. The van der Waals surface area contributed by atoms with Gasteiger partial charge in [0.05, 0.1) is 12.5 Å². The number of nitrogens with zero attached hydrogens (tertiary/aromatic N) is 1. The molecule has 0 aliphatic carbocycles. The second-order valence-corrected chi connectivity index (χ2v) is 3.83. The van der Waals surface area contributed by atoms with Gasteiger partial charge < -0.3 is 19.5 Å². The van der Waals surface area contributed by atoms with Gasteiger partial charge in [-0.25, -0.2) is 0 Å². The van der Waals surface area contributed by atoms with E-state index in [1.54, 1.807) is 4.90 Å². The van der Waals surface area contributed by atoms with Gasteiger partial charge in [0, 0.05) is 32.7 Å². The zero-order chi connectivity index (χ0) is 12.0. The average molecular weight is 231 g/mol. The molecular formula is C11H21NO4. The molecule has 5 nitrogen and oxygen atoms in total. The van der Waals surface area contributed by atoms with E-state index in [0.29, 0.717) is 32.7 Å². The van der Waals surface area contributed by atoms with Gasteiger partial charge in [0.1, 0.15) is 0 Å². The maximum Gasteiger partial charge on any atom is 0.225 e. The first kappa shape index (κ1) is 13.4. The quantitative estimate of drug-likeness (QED) is 0.643. The molecule has 1 amide bonds. The fourth-order valence-corrected chi connectivity index (χ4v) is 1.82. The number of carbonyl (C=O) groups excluding carboxylic acids is 1. The molecule has 0 aromatic rings. The maximum absolute atomic E-state index is 11.4. The lowest BCUT2D eigenvalue weighted by Gasteiger charge is -2.21. The van der Waals surface area contributed by atoms with E-state index in [9.17, 15) is 9.90 Å². The fourth-order valence-electron chi connectivity index (χ4n) is 1.82. The van der Waals surface area contributed by atoms with Crippen LogP contribution in [0.25, 0.3) is 0 Å². The van der Waals surface area contributed by atoms with Crippen LogP contribution in [0.5, 0.6) is 0 Å². The number of β-amino-alcohol motifs (C(OH)–C–C–N with tert-alkyl or cyclic N) is 1. The topological polar surface area (TPSA) is 59.0 Å². The monoisotopic (exact) mass is 231 g/mol. The fraction of sp³-hybridized carbons (Fsp3) is 0.909. The number of likely N-dealkylation sites (tertiary alicyclic amines) is 1. The molecule has 1 unspecified atom stereocenters. The van der Waals surface area contributed by atoms with Crippen LogP contribution in [0.4, 0.5) is 0 Å². The van der Waals surface area contributed by atoms with Crippen molar-refractivity contribution >= 4 is 5.91 Å².